The van der Waals surface area contributed by atoms with Crippen molar-refractivity contribution in [1.29, 1.82) is 0 Å². The van der Waals surface area contributed by atoms with Gasteiger partial charge in [0.15, 0.2) is 0 Å². The van der Waals surface area contributed by atoms with E-state index in [0.29, 0.717) is 10.7 Å². The number of oxazole rings is 1. The average Bonchev–Trinajstić information content (AvgIpc) is 2.73. The monoisotopic (exact) mass is 255 g/mol. The third-order valence-corrected chi connectivity index (χ3v) is 2.52. The van der Waals surface area contributed by atoms with Crippen LogP contribution in [-0.4, -0.2) is 33.9 Å². The Bertz CT molecular complexity index is 527. The van der Waals surface area contributed by atoms with Crippen LogP contribution in [0.25, 0.3) is 0 Å². The molecule has 0 spiro atoms. The van der Waals surface area contributed by atoms with Crippen LogP contribution in [0.1, 0.15) is 24.6 Å². The summed E-state index contributed by atoms with van der Waals surface area (Å²) in [5.41, 5.74) is 0. The fraction of sp³-hybridized carbons (Fsp3) is 0.400. The van der Waals surface area contributed by atoms with Crippen LogP contribution in [0.5, 0.6) is 0 Å². The molecule has 18 heavy (non-hydrogen) atoms. The van der Waals surface area contributed by atoms with Crippen molar-refractivity contribution in [1.82, 2.24) is 15.2 Å². The van der Waals surface area contributed by atoms with Crippen LogP contribution >= 0.6 is 0 Å². The van der Waals surface area contributed by atoms with Gasteiger partial charge in [-0.15, -0.1) is 0 Å². The van der Waals surface area contributed by atoms with E-state index >= 15 is 0 Å². The normalized spacial score (nSPS) is 22.1. The lowest BCUT2D eigenvalue weighted by Crippen LogP contribution is -2.59. The molecule has 1 fully saturated rings. The summed E-state index contributed by atoms with van der Waals surface area (Å²) in [6.45, 7) is 3.09. The Kier molecular flexibility index (Phi) is 2.85. The molecule has 2 rings (SSSR count). The van der Waals surface area contributed by atoms with Crippen LogP contribution in [0.2, 0.25) is 0 Å². The molecule has 2 unspecified atom stereocenters. The van der Waals surface area contributed by atoms with Crippen molar-refractivity contribution in [2.75, 3.05) is 0 Å². The fourth-order valence-corrected chi connectivity index (χ4v) is 1.61. The predicted octanol–water partition coefficient (Wildman–Crippen LogP) is 0.461. The first-order chi connectivity index (χ1) is 8.41. The molecule has 2 atom stereocenters. The summed E-state index contributed by atoms with van der Waals surface area (Å²) in [6, 6.07) is -1.88. The summed E-state index contributed by atoms with van der Waals surface area (Å²) in [5.74, 6) is -1.88. The largest absolute Gasteiger partial charge is 0.444 e. The van der Waals surface area contributed by atoms with E-state index in [2.05, 4.69) is 4.98 Å². The predicted molar refractivity (Wildman–Crippen MR) is 54.9 cm³/mol. The van der Waals surface area contributed by atoms with Gasteiger partial charge in [0.25, 0.3) is 18.0 Å². The van der Waals surface area contributed by atoms with Crippen molar-refractivity contribution in [2.45, 2.75) is 26.1 Å². The summed E-state index contributed by atoms with van der Waals surface area (Å²) >= 11 is 0. The number of hydrogen-bond acceptors (Lipinski definition) is 5. The molecular formula is C10H10FN3O4. The number of nitrogens with one attached hydrogen (secondary N) is 1. The highest BCUT2D eigenvalue weighted by atomic mass is 19.1. The van der Waals surface area contributed by atoms with Gasteiger partial charge in [0.2, 0.25) is 5.89 Å². The van der Waals surface area contributed by atoms with Crippen molar-refractivity contribution in [3.8, 4) is 0 Å². The van der Waals surface area contributed by atoms with Gasteiger partial charge < -0.3 is 4.42 Å². The summed E-state index contributed by atoms with van der Waals surface area (Å²) in [5, 5.41) is 1.75. The molecule has 2 heterocycles. The lowest BCUT2D eigenvalue weighted by atomic mass is 10.2. The minimum absolute atomic E-state index is 0.0950. The topological polar surface area (TPSA) is 92.5 Å². The maximum atomic E-state index is 13.3. The molecule has 96 valence electrons. The van der Waals surface area contributed by atoms with Crippen molar-refractivity contribution in [3.63, 3.8) is 0 Å². The quantitative estimate of drug-likeness (QED) is 0.775. The number of alkyl halides is 1. The molecule has 1 aliphatic rings. The van der Waals surface area contributed by atoms with Crippen molar-refractivity contribution >= 4 is 17.8 Å². The highest BCUT2D eigenvalue weighted by Gasteiger charge is 2.44. The van der Waals surface area contributed by atoms with E-state index in [1.807, 2.05) is 0 Å². The summed E-state index contributed by atoms with van der Waals surface area (Å²) in [7, 11) is 0. The highest BCUT2D eigenvalue weighted by molar-refractivity contribution is 6.18. The zero-order valence-electron chi connectivity index (χ0n) is 9.64. The lowest BCUT2D eigenvalue weighted by molar-refractivity contribution is -0.145. The molecular weight excluding hydrogens is 245 g/mol. The number of carbonyl (C=O) groups is 3. The Morgan fingerprint density at radius 2 is 2.17 bits per heavy atom. The van der Waals surface area contributed by atoms with Gasteiger partial charge >= 0.3 is 6.03 Å². The van der Waals surface area contributed by atoms with Gasteiger partial charge in [0.05, 0.1) is 6.20 Å². The number of halogens is 1. The zero-order valence-corrected chi connectivity index (χ0v) is 9.64. The van der Waals surface area contributed by atoms with Crippen molar-refractivity contribution in [2.24, 2.45) is 0 Å². The molecule has 7 nitrogen and oxygen atoms in total. The molecule has 0 radical (unpaired) electrons. The number of amides is 4. The number of barbiturate groups is 1. The Labute approximate surface area is 101 Å². The minimum atomic E-state index is -2.39. The molecule has 0 saturated carbocycles. The van der Waals surface area contributed by atoms with Crippen LogP contribution in [0, 0.1) is 6.92 Å². The third-order valence-electron chi connectivity index (χ3n) is 2.52. The molecule has 1 aromatic rings. The second-order valence-electron chi connectivity index (χ2n) is 3.85. The van der Waals surface area contributed by atoms with E-state index < -0.39 is 30.1 Å². The second-order valence-corrected chi connectivity index (χ2v) is 3.85. The van der Waals surface area contributed by atoms with Crippen LogP contribution < -0.4 is 5.32 Å². The van der Waals surface area contributed by atoms with E-state index in [1.165, 1.54) is 13.1 Å². The fourth-order valence-electron chi connectivity index (χ4n) is 1.61. The number of urea groups is 1. The number of hydrogen-bond donors (Lipinski definition) is 1. The highest BCUT2D eigenvalue weighted by Crippen LogP contribution is 2.23. The van der Waals surface area contributed by atoms with Gasteiger partial charge in [0.1, 0.15) is 11.8 Å². The first-order valence-corrected chi connectivity index (χ1v) is 5.16. The molecule has 4 amide bonds. The maximum Gasteiger partial charge on any atom is 0.331 e. The average molecular weight is 255 g/mol. The van der Waals surface area contributed by atoms with Gasteiger partial charge in [-0.1, -0.05) is 0 Å². The van der Waals surface area contributed by atoms with Crippen LogP contribution in [-0.2, 0) is 9.59 Å². The smallest absolute Gasteiger partial charge is 0.331 e. The van der Waals surface area contributed by atoms with Gasteiger partial charge in [-0.2, -0.15) is 0 Å². The van der Waals surface area contributed by atoms with Crippen molar-refractivity contribution in [3.05, 3.63) is 17.8 Å². The van der Waals surface area contributed by atoms with E-state index in [0.717, 1.165) is 0 Å². The SMILES string of the molecule is Cc1cnc(C(C)N2C(=O)NC(=O)C(F)C2=O)o1. The minimum Gasteiger partial charge on any atom is -0.444 e. The first kappa shape index (κ1) is 12.2. The number of nitrogens with zero attached hydrogens (tertiary/aromatic N) is 2. The van der Waals surface area contributed by atoms with Crippen molar-refractivity contribution < 1.29 is 23.2 Å². The lowest BCUT2D eigenvalue weighted by Gasteiger charge is -2.29. The molecule has 0 aromatic carbocycles. The Hall–Kier alpha value is -2.25. The van der Waals surface area contributed by atoms with E-state index in [9.17, 15) is 18.8 Å². The van der Waals surface area contributed by atoms with Crippen LogP contribution in [0.15, 0.2) is 10.6 Å². The molecule has 1 N–H and O–H groups in total. The van der Waals surface area contributed by atoms with Gasteiger partial charge in [-0.25, -0.2) is 19.1 Å². The number of carbonyl (C=O) groups excluding carboxylic acids is 3. The molecule has 1 aliphatic heterocycles. The van der Waals surface area contributed by atoms with Gasteiger partial charge in [0, 0.05) is 0 Å². The molecule has 0 bridgehead atoms. The Morgan fingerprint density at radius 1 is 1.50 bits per heavy atom. The Balaban J connectivity index is 2.29. The third kappa shape index (κ3) is 1.85. The zero-order chi connectivity index (χ0) is 13.4. The molecule has 8 heteroatoms. The summed E-state index contributed by atoms with van der Waals surface area (Å²) in [4.78, 5) is 38.5. The molecule has 1 saturated heterocycles. The summed E-state index contributed by atoms with van der Waals surface area (Å²) in [6.07, 6.45) is -0.975. The standard InChI is InChI=1S/C10H10FN3O4/c1-4-3-12-8(18-4)5(2)14-9(16)6(11)7(15)13-10(14)17/h3,5-6H,1-2H3,(H,13,15,17). The number of imide groups is 2. The number of aromatic nitrogens is 1. The van der Waals surface area contributed by atoms with Gasteiger partial charge in [-0.3, -0.25) is 14.9 Å². The first-order valence-electron chi connectivity index (χ1n) is 5.16. The van der Waals surface area contributed by atoms with Crippen LogP contribution in [0.4, 0.5) is 9.18 Å². The van der Waals surface area contributed by atoms with E-state index in [1.54, 1.807) is 12.2 Å². The maximum absolute atomic E-state index is 13.3. The number of aryl methyl sites for hydroxylation is 1. The molecule has 0 aliphatic carbocycles. The van der Waals surface area contributed by atoms with E-state index in [4.69, 9.17) is 4.42 Å². The van der Waals surface area contributed by atoms with E-state index in [-0.39, 0.29) is 5.89 Å². The Morgan fingerprint density at radius 3 is 2.72 bits per heavy atom. The van der Waals surface area contributed by atoms with Crippen LogP contribution in [0.3, 0.4) is 0 Å². The van der Waals surface area contributed by atoms with Gasteiger partial charge in [-0.05, 0) is 13.8 Å². The number of rotatable bonds is 2. The summed E-state index contributed by atoms with van der Waals surface area (Å²) < 4.78 is 18.4. The molecule has 1 aromatic heterocycles. The second kappa shape index (κ2) is 4.21.